The van der Waals surface area contributed by atoms with Crippen LogP contribution in [0.1, 0.15) is 19.4 Å². The highest BCUT2D eigenvalue weighted by Crippen LogP contribution is 2.21. The summed E-state index contributed by atoms with van der Waals surface area (Å²) in [6, 6.07) is 0. The number of rotatable bonds is 1. The number of nitrogens with zero attached hydrogens (tertiary/aromatic N) is 3. The van der Waals surface area contributed by atoms with E-state index in [0.29, 0.717) is 22.1 Å². The summed E-state index contributed by atoms with van der Waals surface area (Å²) in [7, 11) is 1.54. The molecule has 4 nitrogen and oxygen atoms in total. The summed E-state index contributed by atoms with van der Waals surface area (Å²) in [5, 5.41) is 0.583. The lowest BCUT2D eigenvalue weighted by Crippen LogP contribution is -1.94. The van der Waals surface area contributed by atoms with Crippen molar-refractivity contribution < 1.29 is 4.74 Å². The van der Waals surface area contributed by atoms with Crippen LogP contribution in [0.25, 0.3) is 11.2 Å². The number of methoxy groups -OCH3 is 1. The molecule has 0 bridgehead atoms. The van der Waals surface area contributed by atoms with Gasteiger partial charge in [-0.1, -0.05) is 25.4 Å². The van der Waals surface area contributed by atoms with Crippen LogP contribution < -0.4 is 4.74 Å². The third-order valence-corrected chi connectivity index (χ3v) is 2.33. The fourth-order valence-electron chi connectivity index (χ4n) is 1.14. The molecular weight excluding hydrogens is 226 g/mol. The van der Waals surface area contributed by atoms with Crippen LogP contribution in [0.2, 0.25) is 5.02 Å². The summed E-state index contributed by atoms with van der Waals surface area (Å²) < 4.78 is 4.97. The first kappa shape index (κ1) is 12.6. The standard InChI is InChI=1S/C9H8ClN3O.C2H6/c1-5-6(10)3-11-9-8(5)13-7(14-2)4-12-9;1-2/h3-4H,1-2H3;1-2H3. The largest absolute Gasteiger partial charge is 0.480 e. The highest BCUT2D eigenvalue weighted by molar-refractivity contribution is 6.31. The van der Waals surface area contributed by atoms with E-state index in [1.165, 1.54) is 6.20 Å². The van der Waals surface area contributed by atoms with Crippen LogP contribution in [0.15, 0.2) is 12.4 Å². The quantitative estimate of drug-likeness (QED) is 0.768. The first-order valence-corrected chi connectivity index (χ1v) is 5.42. The van der Waals surface area contributed by atoms with Crippen molar-refractivity contribution in [3.63, 3.8) is 0 Å². The number of hydrogen-bond acceptors (Lipinski definition) is 4. The van der Waals surface area contributed by atoms with Gasteiger partial charge in [-0.25, -0.2) is 15.0 Å². The van der Waals surface area contributed by atoms with Gasteiger partial charge in [-0.3, -0.25) is 0 Å². The summed E-state index contributed by atoms with van der Waals surface area (Å²) in [4.78, 5) is 12.4. The van der Waals surface area contributed by atoms with Crippen LogP contribution in [0.3, 0.4) is 0 Å². The Hall–Kier alpha value is -1.42. The third-order valence-electron chi connectivity index (χ3n) is 1.95. The van der Waals surface area contributed by atoms with E-state index in [9.17, 15) is 0 Å². The lowest BCUT2D eigenvalue weighted by atomic mass is 10.2. The molecule has 0 fully saturated rings. The smallest absolute Gasteiger partial charge is 0.232 e. The topological polar surface area (TPSA) is 47.9 Å². The first-order valence-electron chi connectivity index (χ1n) is 5.04. The van der Waals surface area contributed by atoms with Crippen molar-refractivity contribution in [3.8, 4) is 5.88 Å². The molecule has 0 aliphatic heterocycles. The number of halogens is 1. The molecule has 86 valence electrons. The van der Waals surface area contributed by atoms with E-state index in [0.717, 1.165) is 5.56 Å². The normalized spacial score (nSPS) is 9.56. The van der Waals surface area contributed by atoms with Crippen LogP contribution >= 0.6 is 11.6 Å². The van der Waals surface area contributed by atoms with Crippen molar-refractivity contribution in [1.29, 1.82) is 0 Å². The molecular formula is C11H14ClN3O. The van der Waals surface area contributed by atoms with Gasteiger partial charge < -0.3 is 4.74 Å². The van der Waals surface area contributed by atoms with Crippen LogP contribution in [0.4, 0.5) is 0 Å². The van der Waals surface area contributed by atoms with Gasteiger partial charge in [0.25, 0.3) is 0 Å². The number of hydrogen-bond donors (Lipinski definition) is 0. The molecule has 2 aromatic heterocycles. The minimum Gasteiger partial charge on any atom is -0.480 e. The van der Waals surface area contributed by atoms with E-state index in [4.69, 9.17) is 16.3 Å². The van der Waals surface area contributed by atoms with Gasteiger partial charge in [0.15, 0.2) is 5.65 Å². The average Bonchev–Trinajstić information content (AvgIpc) is 2.36. The molecule has 2 aromatic rings. The van der Waals surface area contributed by atoms with Gasteiger partial charge in [0.1, 0.15) is 5.52 Å². The molecule has 0 aromatic carbocycles. The SMILES string of the molecule is CC.COc1cnc2ncc(Cl)c(C)c2n1. The number of aromatic nitrogens is 3. The predicted molar refractivity (Wildman–Crippen MR) is 65.0 cm³/mol. The molecule has 0 amide bonds. The summed E-state index contributed by atoms with van der Waals surface area (Å²) in [6.45, 7) is 5.88. The van der Waals surface area contributed by atoms with Gasteiger partial charge in [0.2, 0.25) is 5.88 Å². The number of ether oxygens (including phenoxy) is 1. The Balaban J connectivity index is 0.000000606. The fourth-order valence-corrected chi connectivity index (χ4v) is 1.28. The van der Waals surface area contributed by atoms with Gasteiger partial charge in [-0.15, -0.1) is 0 Å². The second kappa shape index (κ2) is 5.61. The second-order valence-corrected chi connectivity index (χ2v) is 3.22. The maximum atomic E-state index is 5.91. The van der Waals surface area contributed by atoms with Gasteiger partial charge in [0, 0.05) is 6.20 Å². The molecule has 0 N–H and O–H groups in total. The van der Waals surface area contributed by atoms with Gasteiger partial charge in [-0.2, -0.15) is 0 Å². The van der Waals surface area contributed by atoms with Crippen LogP contribution in [0.5, 0.6) is 5.88 Å². The molecule has 0 unspecified atom stereocenters. The maximum Gasteiger partial charge on any atom is 0.232 e. The zero-order chi connectivity index (χ0) is 12.1. The minimum atomic E-state index is 0.463. The molecule has 2 rings (SSSR count). The Morgan fingerprint density at radius 3 is 2.44 bits per heavy atom. The molecule has 5 heteroatoms. The van der Waals surface area contributed by atoms with E-state index in [2.05, 4.69) is 15.0 Å². The summed E-state index contributed by atoms with van der Waals surface area (Å²) in [5.41, 5.74) is 2.12. The molecule has 0 atom stereocenters. The lowest BCUT2D eigenvalue weighted by molar-refractivity contribution is 0.397. The fraction of sp³-hybridized carbons (Fsp3) is 0.364. The highest BCUT2D eigenvalue weighted by atomic mass is 35.5. The zero-order valence-corrected chi connectivity index (χ0v) is 10.5. The monoisotopic (exact) mass is 239 g/mol. The Kier molecular flexibility index (Phi) is 4.43. The Labute approximate surface area is 99.7 Å². The maximum absolute atomic E-state index is 5.91. The van der Waals surface area contributed by atoms with Crippen molar-refractivity contribution in [1.82, 2.24) is 15.0 Å². The van der Waals surface area contributed by atoms with Crippen molar-refractivity contribution in [3.05, 3.63) is 23.0 Å². The Morgan fingerprint density at radius 1 is 1.19 bits per heavy atom. The lowest BCUT2D eigenvalue weighted by Gasteiger charge is -2.03. The number of aryl methyl sites for hydroxylation is 1. The molecule has 0 aliphatic rings. The molecule has 0 radical (unpaired) electrons. The van der Waals surface area contributed by atoms with E-state index in [-0.39, 0.29) is 0 Å². The van der Waals surface area contributed by atoms with Gasteiger partial charge in [0.05, 0.1) is 18.3 Å². The zero-order valence-electron chi connectivity index (χ0n) is 9.78. The Bertz CT molecular complexity index is 488. The van der Waals surface area contributed by atoms with E-state index in [1.54, 1.807) is 13.3 Å². The van der Waals surface area contributed by atoms with Crippen molar-refractivity contribution in [2.75, 3.05) is 7.11 Å². The Morgan fingerprint density at radius 2 is 1.81 bits per heavy atom. The molecule has 0 saturated carbocycles. The summed E-state index contributed by atoms with van der Waals surface area (Å²) >= 11 is 5.91. The third kappa shape index (κ3) is 2.39. The van der Waals surface area contributed by atoms with Gasteiger partial charge >= 0.3 is 0 Å². The van der Waals surface area contributed by atoms with E-state index >= 15 is 0 Å². The predicted octanol–water partition coefficient (Wildman–Crippen LogP) is 3.02. The average molecular weight is 240 g/mol. The summed E-state index contributed by atoms with van der Waals surface area (Å²) in [6.07, 6.45) is 3.10. The second-order valence-electron chi connectivity index (χ2n) is 2.82. The van der Waals surface area contributed by atoms with Crippen LogP contribution in [-0.4, -0.2) is 22.1 Å². The van der Waals surface area contributed by atoms with Crippen LogP contribution in [-0.2, 0) is 0 Å². The minimum absolute atomic E-state index is 0.463. The summed E-state index contributed by atoms with van der Waals surface area (Å²) in [5.74, 6) is 0.463. The number of fused-ring (bicyclic) bond motifs is 1. The van der Waals surface area contributed by atoms with Crippen molar-refractivity contribution >= 4 is 22.8 Å². The van der Waals surface area contributed by atoms with Crippen molar-refractivity contribution in [2.45, 2.75) is 20.8 Å². The molecule has 0 aliphatic carbocycles. The highest BCUT2D eigenvalue weighted by Gasteiger charge is 2.06. The van der Waals surface area contributed by atoms with Crippen LogP contribution in [0, 0.1) is 6.92 Å². The first-order chi connectivity index (χ1) is 7.72. The van der Waals surface area contributed by atoms with Gasteiger partial charge in [-0.05, 0) is 12.5 Å². The molecule has 0 spiro atoms. The molecule has 16 heavy (non-hydrogen) atoms. The number of pyridine rings is 1. The van der Waals surface area contributed by atoms with E-state index in [1.807, 2.05) is 20.8 Å². The molecule has 2 heterocycles. The van der Waals surface area contributed by atoms with E-state index < -0.39 is 0 Å². The van der Waals surface area contributed by atoms with Crippen molar-refractivity contribution in [2.24, 2.45) is 0 Å². The molecule has 0 saturated heterocycles.